The van der Waals surface area contributed by atoms with Crippen LogP contribution in [0.4, 0.5) is 5.69 Å². The minimum absolute atomic E-state index is 0.178. The normalized spacial score (nSPS) is 36.8. The van der Waals surface area contributed by atoms with Crippen LogP contribution in [0.1, 0.15) is 36.8 Å². The van der Waals surface area contributed by atoms with Crippen molar-refractivity contribution in [1.29, 1.82) is 0 Å². The molecular formula is C20H29N3O. The topological polar surface area (TPSA) is 73.3 Å². The van der Waals surface area contributed by atoms with Crippen molar-refractivity contribution < 1.29 is 4.74 Å². The van der Waals surface area contributed by atoms with Crippen molar-refractivity contribution in [3.63, 3.8) is 0 Å². The van der Waals surface area contributed by atoms with Crippen LogP contribution in [0, 0.1) is 11.3 Å². The van der Waals surface area contributed by atoms with Crippen LogP contribution in [0.15, 0.2) is 24.3 Å². The number of fused-ring (bicyclic) bond motifs is 1. The monoisotopic (exact) mass is 327 g/mol. The third kappa shape index (κ3) is 2.77. The van der Waals surface area contributed by atoms with Gasteiger partial charge in [-0.3, -0.25) is 0 Å². The van der Waals surface area contributed by atoms with Gasteiger partial charge in [0.05, 0.1) is 6.61 Å². The van der Waals surface area contributed by atoms with Gasteiger partial charge in [0, 0.05) is 30.9 Å². The fourth-order valence-corrected chi connectivity index (χ4v) is 4.98. The van der Waals surface area contributed by atoms with E-state index < -0.39 is 0 Å². The molecule has 4 rings (SSSR count). The molecule has 5 N–H and O–H groups in total. The van der Waals surface area contributed by atoms with Crippen molar-refractivity contribution in [2.45, 2.75) is 43.7 Å². The van der Waals surface area contributed by atoms with E-state index in [9.17, 15) is 0 Å². The fourth-order valence-electron chi connectivity index (χ4n) is 4.98. The number of rotatable bonds is 5. The number of anilines is 1. The van der Waals surface area contributed by atoms with Crippen LogP contribution in [0.3, 0.4) is 0 Å². The van der Waals surface area contributed by atoms with Crippen molar-refractivity contribution in [2.75, 3.05) is 25.6 Å². The third-order valence-corrected chi connectivity index (χ3v) is 6.36. The first-order valence-corrected chi connectivity index (χ1v) is 9.11. The third-order valence-electron chi connectivity index (χ3n) is 6.36. The van der Waals surface area contributed by atoms with Gasteiger partial charge in [0.1, 0.15) is 0 Å². The van der Waals surface area contributed by atoms with Crippen LogP contribution in [-0.4, -0.2) is 31.8 Å². The molecule has 4 nitrogen and oxygen atoms in total. The van der Waals surface area contributed by atoms with Crippen molar-refractivity contribution in [1.82, 2.24) is 0 Å². The van der Waals surface area contributed by atoms with Crippen LogP contribution in [0.25, 0.3) is 6.08 Å². The molecule has 0 heterocycles. The molecular weight excluding hydrogens is 298 g/mol. The van der Waals surface area contributed by atoms with Crippen molar-refractivity contribution in [3.05, 3.63) is 35.4 Å². The van der Waals surface area contributed by atoms with Gasteiger partial charge < -0.3 is 21.5 Å². The number of methoxy groups -OCH3 is 1. The summed E-state index contributed by atoms with van der Waals surface area (Å²) in [5.41, 5.74) is 16.9. The Morgan fingerprint density at radius 3 is 2.75 bits per heavy atom. The summed E-state index contributed by atoms with van der Waals surface area (Å²) >= 11 is 0. The number of hydrogen-bond acceptors (Lipinski definition) is 4. The second-order valence-corrected chi connectivity index (χ2v) is 8.23. The number of ether oxygens (including phenoxy) is 1. The zero-order chi connectivity index (χ0) is 16.8. The molecule has 4 heteroatoms. The Bertz CT molecular complexity index is 642. The first kappa shape index (κ1) is 16.1. The van der Waals surface area contributed by atoms with Gasteiger partial charge in [-0.05, 0) is 66.7 Å². The maximum Gasteiger partial charge on any atom is 0.0635 e. The molecule has 0 amide bonds. The molecule has 2 saturated carbocycles. The number of benzene rings is 1. The molecule has 1 aromatic rings. The van der Waals surface area contributed by atoms with Gasteiger partial charge in [-0.25, -0.2) is 0 Å². The van der Waals surface area contributed by atoms with Gasteiger partial charge in [-0.1, -0.05) is 18.2 Å². The van der Waals surface area contributed by atoms with Gasteiger partial charge in [0.15, 0.2) is 0 Å². The molecule has 0 radical (unpaired) electrons. The Balaban J connectivity index is 1.41. The molecule has 1 atom stereocenters. The van der Waals surface area contributed by atoms with Crippen molar-refractivity contribution in [3.8, 4) is 0 Å². The van der Waals surface area contributed by atoms with Crippen LogP contribution in [0.5, 0.6) is 0 Å². The van der Waals surface area contributed by atoms with Crippen LogP contribution in [-0.2, 0) is 11.2 Å². The van der Waals surface area contributed by atoms with Gasteiger partial charge >= 0.3 is 0 Å². The number of hydrogen-bond donors (Lipinski definition) is 3. The lowest BCUT2D eigenvalue weighted by molar-refractivity contribution is -0.0609. The lowest BCUT2D eigenvalue weighted by Crippen LogP contribution is -2.61. The molecule has 1 spiro atoms. The Morgan fingerprint density at radius 2 is 2.04 bits per heavy atom. The smallest absolute Gasteiger partial charge is 0.0635 e. The van der Waals surface area contributed by atoms with Crippen LogP contribution >= 0.6 is 0 Å². The van der Waals surface area contributed by atoms with Crippen molar-refractivity contribution >= 4 is 11.8 Å². The average molecular weight is 327 g/mol. The Labute approximate surface area is 144 Å². The van der Waals surface area contributed by atoms with E-state index in [1.807, 2.05) is 0 Å². The van der Waals surface area contributed by atoms with Crippen LogP contribution in [0.2, 0.25) is 0 Å². The summed E-state index contributed by atoms with van der Waals surface area (Å²) in [4.78, 5) is 0. The van der Waals surface area contributed by atoms with E-state index in [1.54, 1.807) is 7.11 Å². The highest BCUT2D eigenvalue weighted by Crippen LogP contribution is 2.61. The van der Waals surface area contributed by atoms with Crippen LogP contribution < -0.4 is 16.8 Å². The lowest BCUT2D eigenvalue weighted by atomic mass is 9.46. The first-order valence-electron chi connectivity index (χ1n) is 9.11. The summed E-state index contributed by atoms with van der Waals surface area (Å²) in [6.45, 7) is 1.54. The Hall–Kier alpha value is -1.36. The Morgan fingerprint density at radius 1 is 1.25 bits per heavy atom. The standard InChI is InChI=1S/C20H29N3O/c1-24-7-6-23-18-3-2-15-9-20(22,5-4-14(15)8-18)16-10-19(11-16)12-17(21)13-19/h2-5,8,16-17,23H,6-7,9-13,21-22H2,1H3. The molecule has 24 heavy (non-hydrogen) atoms. The number of nitrogens with two attached hydrogens (primary N) is 2. The maximum absolute atomic E-state index is 6.80. The highest BCUT2D eigenvalue weighted by atomic mass is 16.5. The molecule has 3 aliphatic rings. The zero-order valence-corrected chi connectivity index (χ0v) is 14.6. The van der Waals surface area contributed by atoms with E-state index in [1.165, 1.54) is 36.8 Å². The summed E-state index contributed by atoms with van der Waals surface area (Å²) in [5, 5.41) is 3.39. The lowest BCUT2D eigenvalue weighted by Gasteiger charge is -2.61. The highest BCUT2D eigenvalue weighted by molar-refractivity contribution is 5.64. The zero-order valence-electron chi connectivity index (χ0n) is 14.6. The van der Waals surface area contributed by atoms with E-state index in [-0.39, 0.29) is 5.54 Å². The van der Waals surface area contributed by atoms with E-state index in [0.29, 0.717) is 24.0 Å². The maximum atomic E-state index is 6.80. The predicted molar refractivity (Wildman–Crippen MR) is 98.8 cm³/mol. The number of nitrogens with one attached hydrogen (secondary N) is 1. The minimum atomic E-state index is -0.178. The second kappa shape index (κ2) is 5.87. The summed E-state index contributed by atoms with van der Waals surface area (Å²) in [5.74, 6) is 0.605. The fraction of sp³-hybridized carbons (Fsp3) is 0.600. The molecule has 0 aliphatic heterocycles. The molecule has 0 bridgehead atoms. The minimum Gasteiger partial charge on any atom is -0.383 e. The van der Waals surface area contributed by atoms with Gasteiger partial charge in [0.25, 0.3) is 0 Å². The summed E-state index contributed by atoms with van der Waals surface area (Å²) in [6, 6.07) is 7.03. The van der Waals surface area contributed by atoms with E-state index in [0.717, 1.165) is 18.7 Å². The molecule has 3 aliphatic carbocycles. The van der Waals surface area contributed by atoms with E-state index >= 15 is 0 Å². The van der Waals surface area contributed by atoms with Gasteiger partial charge in [-0.15, -0.1) is 0 Å². The SMILES string of the molecule is COCCNc1ccc2c(c1)C=CC(N)(C1CC3(CC(N)C3)C1)C2. The predicted octanol–water partition coefficient (Wildman–Crippen LogP) is 2.53. The molecule has 1 unspecified atom stereocenters. The highest BCUT2D eigenvalue weighted by Gasteiger charge is 2.56. The largest absolute Gasteiger partial charge is 0.383 e. The van der Waals surface area contributed by atoms with Crippen molar-refractivity contribution in [2.24, 2.45) is 22.8 Å². The van der Waals surface area contributed by atoms with Gasteiger partial charge in [-0.2, -0.15) is 0 Å². The Kier molecular flexibility index (Phi) is 3.94. The molecule has 1 aromatic carbocycles. The first-order chi connectivity index (χ1) is 11.5. The van der Waals surface area contributed by atoms with E-state index in [2.05, 4.69) is 35.7 Å². The molecule has 2 fully saturated rings. The van der Waals surface area contributed by atoms with E-state index in [4.69, 9.17) is 16.2 Å². The molecule has 0 aromatic heterocycles. The molecule has 130 valence electrons. The summed E-state index contributed by atoms with van der Waals surface area (Å²) in [6.07, 6.45) is 10.3. The molecule has 0 saturated heterocycles. The summed E-state index contributed by atoms with van der Waals surface area (Å²) < 4.78 is 5.09. The average Bonchev–Trinajstić information content (AvgIpc) is 2.50. The summed E-state index contributed by atoms with van der Waals surface area (Å²) in [7, 11) is 1.72. The quantitative estimate of drug-likeness (QED) is 0.727. The van der Waals surface area contributed by atoms with Gasteiger partial charge in [0.2, 0.25) is 0 Å². The second-order valence-electron chi connectivity index (χ2n) is 8.23.